The lowest BCUT2D eigenvalue weighted by Gasteiger charge is -2.37. The maximum absolute atomic E-state index is 14.1. The third-order valence-electron chi connectivity index (χ3n) is 5.84. The molecule has 1 unspecified atom stereocenters. The number of hydrogen-bond acceptors (Lipinski definition) is 7. The molecule has 3 aromatic rings. The van der Waals surface area contributed by atoms with Gasteiger partial charge in [0.15, 0.2) is 12.1 Å². The molecule has 0 spiro atoms. The summed E-state index contributed by atoms with van der Waals surface area (Å²) in [6.45, 7) is 3.81. The Morgan fingerprint density at radius 3 is 2.53 bits per heavy atom. The summed E-state index contributed by atoms with van der Waals surface area (Å²) in [6.07, 6.45) is -0.297. The van der Waals surface area contributed by atoms with Crippen LogP contribution in [0.3, 0.4) is 0 Å². The molecule has 32 heavy (non-hydrogen) atoms. The van der Waals surface area contributed by atoms with Crippen molar-refractivity contribution in [3.63, 3.8) is 0 Å². The van der Waals surface area contributed by atoms with Crippen molar-refractivity contribution >= 4 is 34.1 Å². The number of nitrogens with one attached hydrogen (secondary N) is 2. The molecule has 0 amide bonds. The van der Waals surface area contributed by atoms with Crippen molar-refractivity contribution in [1.82, 2.24) is 10.2 Å². The number of halogens is 1. The number of benzene rings is 3. The van der Waals surface area contributed by atoms with E-state index in [4.69, 9.17) is 10.7 Å². The molecule has 0 radical (unpaired) electrons. The standard InChI is InChI=1S/C24H26FN7/c25-19-9-3-4-11-21(19)32-14-12-31(13-15-32)16-22-28-23(26)30-24(29-22)27-20-10-5-7-17-6-1-2-8-18(17)20/h1-11,22H,12-16H2,(H4,26,27,28,29,30). The number of nitrogens with zero attached hydrogens (tertiary/aromatic N) is 4. The van der Waals surface area contributed by atoms with Crippen LogP contribution in [0.5, 0.6) is 0 Å². The van der Waals surface area contributed by atoms with E-state index in [9.17, 15) is 4.39 Å². The second-order valence-electron chi connectivity index (χ2n) is 7.99. The molecule has 1 atom stereocenters. The Morgan fingerprint density at radius 1 is 0.938 bits per heavy atom. The van der Waals surface area contributed by atoms with E-state index in [1.54, 1.807) is 6.07 Å². The molecule has 0 bridgehead atoms. The van der Waals surface area contributed by atoms with Gasteiger partial charge >= 0.3 is 0 Å². The van der Waals surface area contributed by atoms with Crippen LogP contribution in [-0.4, -0.2) is 55.7 Å². The zero-order valence-corrected chi connectivity index (χ0v) is 17.7. The van der Waals surface area contributed by atoms with E-state index in [1.807, 2.05) is 36.4 Å². The van der Waals surface area contributed by atoms with Crippen molar-refractivity contribution in [2.24, 2.45) is 15.7 Å². The van der Waals surface area contributed by atoms with Crippen LogP contribution in [-0.2, 0) is 0 Å². The molecule has 7 nitrogen and oxygen atoms in total. The van der Waals surface area contributed by atoms with Crippen molar-refractivity contribution in [3.05, 3.63) is 72.5 Å². The summed E-state index contributed by atoms with van der Waals surface area (Å²) in [6, 6.07) is 21.2. The molecular formula is C24H26FN7. The molecule has 0 aromatic heterocycles. The van der Waals surface area contributed by atoms with Gasteiger partial charge in [-0.25, -0.2) is 14.4 Å². The summed E-state index contributed by atoms with van der Waals surface area (Å²) in [5.74, 6) is 0.756. The van der Waals surface area contributed by atoms with Crippen LogP contribution < -0.4 is 21.3 Å². The molecule has 4 N–H and O–H groups in total. The maximum atomic E-state index is 14.1. The highest BCUT2D eigenvalue weighted by atomic mass is 19.1. The topological polar surface area (TPSA) is 81.3 Å². The first-order valence-corrected chi connectivity index (χ1v) is 10.8. The fraction of sp³-hybridized carbons (Fsp3) is 0.250. The van der Waals surface area contributed by atoms with Crippen molar-refractivity contribution in [1.29, 1.82) is 0 Å². The lowest BCUT2D eigenvalue weighted by atomic mass is 10.1. The van der Waals surface area contributed by atoms with E-state index in [-0.39, 0.29) is 12.0 Å². The molecule has 0 aliphatic carbocycles. The molecule has 3 aromatic carbocycles. The number of fused-ring (bicyclic) bond motifs is 1. The summed E-state index contributed by atoms with van der Waals surface area (Å²) in [5.41, 5.74) is 7.67. The Hall–Kier alpha value is -3.65. The van der Waals surface area contributed by atoms with Gasteiger partial charge in [0, 0.05) is 43.8 Å². The number of hydrogen-bond donors (Lipinski definition) is 3. The summed E-state index contributed by atoms with van der Waals surface area (Å²) in [5, 5.41) is 8.66. The monoisotopic (exact) mass is 431 g/mol. The number of guanidine groups is 2. The zero-order chi connectivity index (χ0) is 21.9. The SMILES string of the molecule is NC1=NC(CN2CCN(c3ccccc3F)CC2)N=C(Nc2cccc3ccccc23)N1. The molecule has 1 fully saturated rings. The van der Waals surface area contributed by atoms with Crippen LogP contribution in [0.2, 0.25) is 0 Å². The molecule has 0 saturated carbocycles. The Kier molecular flexibility index (Phi) is 5.60. The van der Waals surface area contributed by atoms with Gasteiger partial charge < -0.3 is 16.0 Å². The highest BCUT2D eigenvalue weighted by Gasteiger charge is 2.23. The molecule has 2 aliphatic heterocycles. The molecule has 8 heteroatoms. The van der Waals surface area contributed by atoms with Crippen molar-refractivity contribution in [2.45, 2.75) is 6.17 Å². The van der Waals surface area contributed by atoms with Crippen LogP contribution in [0.25, 0.3) is 10.8 Å². The molecular weight excluding hydrogens is 405 g/mol. The van der Waals surface area contributed by atoms with Crippen LogP contribution in [0.4, 0.5) is 15.8 Å². The first-order chi connectivity index (χ1) is 15.7. The molecule has 5 rings (SSSR count). The van der Waals surface area contributed by atoms with E-state index in [2.05, 4.69) is 43.6 Å². The fourth-order valence-electron chi connectivity index (χ4n) is 4.24. The van der Waals surface area contributed by atoms with Gasteiger partial charge in [-0.2, -0.15) is 0 Å². The lowest BCUT2D eigenvalue weighted by molar-refractivity contribution is 0.243. The lowest BCUT2D eigenvalue weighted by Crippen LogP contribution is -2.51. The Balaban J connectivity index is 1.24. The van der Waals surface area contributed by atoms with E-state index in [1.165, 1.54) is 6.07 Å². The van der Waals surface area contributed by atoms with Crippen LogP contribution in [0.15, 0.2) is 76.7 Å². The number of nitrogens with two attached hydrogens (primary N) is 1. The quantitative estimate of drug-likeness (QED) is 0.592. The van der Waals surface area contributed by atoms with Gasteiger partial charge in [0.05, 0.1) is 5.69 Å². The summed E-state index contributed by atoms with van der Waals surface area (Å²) in [7, 11) is 0. The van der Waals surface area contributed by atoms with E-state index in [0.29, 0.717) is 24.2 Å². The first-order valence-electron chi connectivity index (χ1n) is 10.8. The normalized spacial score (nSPS) is 19.3. The van der Waals surface area contributed by atoms with Gasteiger partial charge in [-0.15, -0.1) is 0 Å². The second-order valence-corrected chi connectivity index (χ2v) is 7.99. The number of para-hydroxylation sites is 1. The predicted molar refractivity (Wildman–Crippen MR) is 129 cm³/mol. The third kappa shape index (κ3) is 4.36. The minimum Gasteiger partial charge on any atom is -0.370 e. The Bertz CT molecular complexity index is 1160. The third-order valence-corrected chi connectivity index (χ3v) is 5.84. The highest BCUT2D eigenvalue weighted by molar-refractivity contribution is 6.09. The molecule has 164 valence electrons. The van der Waals surface area contributed by atoms with E-state index in [0.717, 1.165) is 42.6 Å². The largest absolute Gasteiger partial charge is 0.370 e. The minimum atomic E-state index is -0.297. The number of piperazine rings is 1. The van der Waals surface area contributed by atoms with Gasteiger partial charge in [0.1, 0.15) is 5.82 Å². The Morgan fingerprint density at radius 2 is 1.69 bits per heavy atom. The van der Waals surface area contributed by atoms with Gasteiger partial charge in [-0.05, 0) is 23.6 Å². The first kappa shape index (κ1) is 20.3. The summed E-state index contributed by atoms with van der Waals surface area (Å²) in [4.78, 5) is 13.6. The summed E-state index contributed by atoms with van der Waals surface area (Å²) < 4.78 is 14.1. The minimum absolute atomic E-state index is 0.176. The molecule has 2 heterocycles. The van der Waals surface area contributed by atoms with Gasteiger partial charge in [-0.3, -0.25) is 10.2 Å². The summed E-state index contributed by atoms with van der Waals surface area (Å²) >= 11 is 0. The maximum Gasteiger partial charge on any atom is 0.204 e. The number of anilines is 2. The fourth-order valence-corrected chi connectivity index (χ4v) is 4.24. The van der Waals surface area contributed by atoms with Crippen LogP contribution in [0, 0.1) is 5.82 Å². The van der Waals surface area contributed by atoms with Gasteiger partial charge in [0.2, 0.25) is 5.96 Å². The van der Waals surface area contributed by atoms with Crippen molar-refractivity contribution < 1.29 is 4.39 Å². The molecule has 1 saturated heterocycles. The van der Waals surface area contributed by atoms with E-state index < -0.39 is 0 Å². The van der Waals surface area contributed by atoms with Crippen LogP contribution >= 0.6 is 0 Å². The predicted octanol–water partition coefficient (Wildman–Crippen LogP) is 2.81. The van der Waals surface area contributed by atoms with Gasteiger partial charge in [-0.1, -0.05) is 48.5 Å². The van der Waals surface area contributed by atoms with Crippen molar-refractivity contribution in [3.8, 4) is 0 Å². The van der Waals surface area contributed by atoms with Gasteiger partial charge in [0.25, 0.3) is 0 Å². The second kappa shape index (κ2) is 8.84. The Labute approximate surface area is 186 Å². The average molecular weight is 432 g/mol. The highest BCUT2D eigenvalue weighted by Crippen LogP contribution is 2.23. The van der Waals surface area contributed by atoms with Crippen molar-refractivity contribution in [2.75, 3.05) is 42.9 Å². The average Bonchev–Trinajstić information content (AvgIpc) is 2.80. The van der Waals surface area contributed by atoms with Crippen LogP contribution in [0.1, 0.15) is 0 Å². The number of rotatable bonds is 4. The smallest absolute Gasteiger partial charge is 0.204 e. The number of aliphatic imine (C=N–C) groups is 2. The van der Waals surface area contributed by atoms with E-state index >= 15 is 0 Å². The molecule has 2 aliphatic rings. The zero-order valence-electron chi connectivity index (χ0n) is 17.7.